The molecule has 0 aliphatic carbocycles. The normalized spacial score (nSPS) is 11.0. The number of hydrogen-bond acceptors (Lipinski definition) is 6. The maximum Gasteiger partial charge on any atom is 0.573 e. The average molecular weight is 423 g/mol. The molecule has 152 valence electrons. The van der Waals surface area contributed by atoms with E-state index >= 15 is 0 Å². The zero-order valence-corrected chi connectivity index (χ0v) is 15.9. The summed E-state index contributed by atoms with van der Waals surface area (Å²) in [7, 11) is 0. The molecular weight excluding hydrogens is 407 g/mol. The zero-order valence-electron chi connectivity index (χ0n) is 15.1. The number of para-hydroxylation sites is 2. The summed E-state index contributed by atoms with van der Waals surface area (Å²) < 4.78 is 45.9. The summed E-state index contributed by atoms with van der Waals surface area (Å²) in [5.74, 6) is -0.177. The second-order valence-electron chi connectivity index (χ2n) is 5.62. The Morgan fingerprint density at radius 3 is 2.55 bits per heavy atom. The second-order valence-corrected chi connectivity index (χ2v) is 6.48. The Kier molecular flexibility index (Phi) is 6.23. The molecule has 0 unspecified atom stereocenters. The van der Waals surface area contributed by atoms with Crippen molar-refractivity contribution in [1.29, 1.82) is 0 Å². The van der Waals surface area contributed by atoms with Gasteiger partial charge in [-0.3, -0.25) is 4.79 Å². The molecule has 3 aromatic rings. The number of nitrogens with one attached hydrogen (secondary N) is 2. The summed E-state index contributed by atoms with van der Waals surface area (Å²) in [5.41, 5.74) is 1.23. The fraction of sp³-hybridized carbons (Fsp3) is 0.158. The van der Waals surface area contributed by atoms with E-state index in [-0.39, 0.29) is 11.4 Å². The van der Waals surface area contributed by atoms with Crippen LogP contribution in [0.25, 0.3) is 0 Å². The number of alkyl halides is 3. The number of rotatable bonds is 7. The van der Waals surface area contributed by atoms with E-state index in [0.717, 1.165) is 0 Å². The van der Waals surface area contributed by atoms with Crippen molar-refractivity contribution in [3.8, 4) is 11.5 Å². The minimum Gasteiger partial charge on any atom is -0.492 e. The molecule has 2 N–H and O–H groups in total. The number of carbonyl (C=O) groups excluding carboxylic acids is 1. The van der Waals surface area contributed by atoms with Gasteiger partial charge in [-0.05, 0) is 43.3 Å². The van der Waals surface area contributed by atoms with Gasteiger partial charge in [-0.25, -0.2) is 4.98 Å². The smallest absolute Gasteiger partial charge is 0.492 e. The predicted molar refractivity (Wildman–Crippen MR) is 104 cm³/mol. The fourth-order valence-electron chi connectivity index (χ4n) is 2.34. The van der Waals surface area contributed by atoms with Crippen molar-refractivity contribution in [2.75, 3.05) is 17.2 Å². The molecule has 1 amide bonds. The first kappa shape index (κ1) is 20.5. The Morgan fingerprint density at radius 2 is 1.86 bits per heavy atom. The highest BCUT2D eigenvalue weighted by atomic mass is 32.1. The molecule has 0 fully saturated rings. The van der Waals surface area contributed by atoms with Crippen LogP contribution in [0.5, 0.6) is 11.5 Å². The summed E-state index contributed by atoms with van der Waals surface area (Å²) in [6.45, 7) is 2.31. The number of ether oxygens (including phenoxy) is 2. The van der Waals surface area contributed by atoms with Crippen molar-refractivity contribution < 1.29 is 27.4 Å². The molecular formula is C19H16F3N3O3S. The number of thiazole rings is 1. The van der Waals surface area contributed by atoms with Gasteiger partial charge in [-0.1, -0.05) is 12.1 Å². The van der Waals surface area contributed by atoms with E-state index in [9.17, 15) is 18.0 Å². The van der Waals surface area contributed by atoms with E-state index in [2.05, 4.69) is 20.4 Å². The third-order valence-electron chi connectivity index (χ3n) is 3.51. The Morgan fingerprint density at radius 1 is 1.14 bits per heavy atom. The van der Waals surface area contributed by atoms with Crippen molar-refractivity contribution in [3.63, 3.8) is 0 Å². The lowest BCUT2D eigenvalue weighted by Gasteiger charge is -2.10. The minimum absolute atomic E-state index is 0.195. The van der Waals surface area contributed by atoms with Crippen LogP contribution in [0.15, 0.2) is 53.9 Å². The first-order chi connectivity index (χ1) is 13.8. The molecule has 0 aliphatic heterocycles. The van der Waals surface area contributed by atoms with Gasteiger partial charge in [0.15, 0.2) is 5.13 Å². The molecule has 0 atom stereocenters. The number of carbonyl (C=O) groups is 1. The number of hydrogen-bond donors (Lipinski definition) is 2. The summed E-state index contributed by atoms with van der Waals surface area (Å²) in [5, 5.41) is 7.66. The second kappa shape index (κ2) is 8.82. The van der Waals surface area contributed by atoms with Crippen LogP contribution >= 0.6 is 11.3 Å². The Labute approximate surface area is 168 Å². The fourth-order valence-corrected chi connectivity index (χ4v) is 3.05. The SMILES string of the molecule is CCOc1ccccc1NC(=O)c1csc(Nc2ccc(OC(F)(F)F)cc2)n1. The van der Waals surface area contributed by atoms with Crippen LogP contribution in [0.2, 0.25) is 0 Å². The first-order valence-electron chi connectivity index (χ1n) is 8.45. The van der Waals surface area contributed by atoms with Crippen molar-refractivity contribution in [1.82, 2.24) is 4.98 Å². The van der Waals surface area contributed by atoms with Gasteiger partial charge in [-0.2, -0.15) is 0 Å². The molecule has 0 saturated carbocycles. The third-order valence-corrected chi connectivity index (χ3v) is 4.27. The van der Waals surface area contributed by atoms with Crippen LogP contribution in [-0.4, -0.2) is 23.9 Å². The highest BCUT2D eigenvalue weighted by Crippen LogP contribution is 2.27. The highest BCUT2D eigenvalue weighted by Gasteiger charge is 2.30. The monoisotopic (exact) mass is 423 g/mol. The molecule has 0 radical (unpaired) electrons. The Balaban J connectivity index is 1.64. The van der Waals surface area contributed by atoms with Crippen LogP contribution < -0.4 is 20.1 Å². The summed E-state index contributed by atoms with van der Waals surface area (Å²) >= 11 is 1.19. The van der Waals surface area contributed by atoms with Crippen molar-refractivity contribution >= 4 is 33.8 Å². The van der Waals surface area contributed by atoms with E-state index in [0.29, 0.717) is 28.9 Å². The number of amides is 1. The predicted octanol–water partition coefficient (Wildman–Crippen LogP) is 5.44. The number of anilines is 3. The van der Waals surface area contributed by atoms with Crippen molar-refractivity contribution in [2.24, 2.45) is 0 Å². The third kappa shape index (κ3) is 5.85. The molecule has 29 heavy (non-hydrogen) atoms. The summed E-state index contributed by atoms with van der Waals surface area (Å²) in [6.07, 6.45) is -4.74. The van der Waals surface area contributed by atoms with Gasteiger partial charge >= 0.3 is 6.36 Å². The van der Waals surface area contributed by atoms with E-state index in [1.54, 1.807) is 29.6 Å². The summed E-state index contributed by atoms with van der Waals surface area (Å²) in [6, 6.07) is 12.2. The molecule has 1 aromatic heterocycles. The van der Waals surface area contributed by atoms with Gasteiger partial charge in [0.2, 0.25) is 0 Å². The van der Waals surface area contributed by atoms with Crippen LogP contribution in [0.1, 0.15) is 17.4 Å². The minimum atomic E-state index is -4.74. The van der Waals surface area contributed by atoms with E-state index < -0.39 is 12.3 Å². The standard InChI is InChI=1S/C19H16F3N3O3S/c1-2-27-16-6-4-3-5-14(16)24-17(26)15-11-29-18(25-15)23-12-7-9-13(10-8-12)28-19(20,21)22/h3-11H,2H2,1H3,(H,23,25)(H,24,26). The van der Waals surface area contributed by atoms with Crippen LogP contribution in [0.3, 0.4) is 0 Å². The lowest BCUT2D eigenvalue weighted by Crippen LogP contribution is -2.16. The van der Waals surface area contributed by atoms with E-state index in [4.69, 9.17) is 4.74 Å². The highest BCUT2D eigenvalue weighted by molar-refractivity contribution is 7.14. The quantitative estimate of drug-likeness (QED) is 0.530. The van der Waals surface area contributed by atoms with Crippen molar-refractivity contribution in [3.05, 3.63) is 59.6 Å². The molecule has 2 aromatic carbocycles. The van der Waals surface area contributed by atoms with Crippen LogP contribution in [0.4, 0.5) is 29.7 Å². The first-order valence-corrected chi connectivity index (χ1v) is 9.33. The number of nitrogens with zero attached hydrogens (tertiary/aromatic N) is 1. The number of benzene rings is 2. The Hall–Kier alpha value is -3.27. The molecule has 0 bridgehead atoms. The number of halogens is 3. The molecule has 10 heteroatoms. The molecule has 1 heterocycles. The van der Waals surface area contributed by atoms with Gasteiger partial charge < -0.3 is 20.1 Å². The van der Waals surface area contributed by atoms with Gasteiger partial charge in [0.05, 0.1) is 12.3 Å². The topological polar surface area (TPSA) is 72.5 Å². The Bertz CT molecular complexity index is 975. The molecule has 0 spiro atoms. The maximum absolute atomic E-state index is 12.4. The van der Waals surface area contributed by atoms with Crippen molar-refractivity contribution in [2.45, 2.75) is 13.3 Å². The zero-order chi connectivity index (χ0) is 20.9. The number of aromatic nitrogens is 1. The lowest BCUT2D eigenvalue weighted by molar-refractivity contribution is -0.274. The molecule has 0 saturated heterocycles. The van der Waals surface area contributed by atoms with Crippen LogP contribution in [0, 0.1) is 0 Å². The van der Waals surface area contributed by atoms with Crippen LogP contribution in [-0.2, 0) is 0 Å². The van der Waals surface area contributed by atoms with Gasteiger partial charge in [0.25, 0.3) is 5.91 Å². The summed E-state index contributed by atoms with van der Waals surface area (Å²) in [4.78, 5) is 16.6. The van der Waals surface area contributed by atoms with Gasteiger partial charge in [-0.15, -0.1) is 24.5 Å². The lowest BCUT2D eigenvalue weighted by atomic mass is 10.3. The average Bonchev–Trinajstić information content (AvgIpc) is 3.13. The van der Waals surface area contributed by atoms with Gasteiger partial charge in [0, 0.05) is 11.1 Å². The molecule has 0 aliphatic rings. The van der Waals surface area contributed by atoms with E-state index in [1.807, 2.05) is 6.92 Å². The molecule has 3 rings (SSSR count). The maximum atomic E-state index is 12.4. The largest absolute Gasteiger partial charge is 0.573 e. The molecule has 6 nitrogen and oxygen atoms in total. The van der Waals surface area contributed by atoms with E-state index in [1.165, 1.54) is 35.6 Å². The van der Waals surface area contributed by atoms with Gasteiger partial charge in [0.1, 0.15) is 17.2 Å².